The number of alkyl halides is 2. The summed E-state index contributed by atoms with van der Waals surface area (Å²) in [4.78, 5) is 12.7. The van der Waals surface area contributed by atoms with E-state index in [1.165, 1.54) is 25.4 Å². The SMILES string of the molecule is Cn1cc(N(C=O)c2cc(F)ccc2-c2ccc(Cl)c(Cl)c2)c(C(F)F)n1. The van der Waals surface area contributed by atoms with Gasteiger partial charge in [0.1, 0.15) is 5.82 Å². The Labute approximate surface area is 162 Å². The fourth-order valence-corrected chi connectivity index (χ4v) is 2.99. The predicted molar refractivity (Wildman–Crippen MR) is 98.2 cm³/mol. The zero-order valence-corrected chi connectivity index (χ0v) is 15.3. The van der Waals surface area contributed by atoms with Gasteiger partial charge in [-0.05, 0) is 35.9 Å². The average molecular weight is 414 g/mol. The van der Waals surface area contributed by atoms with Crippen molar-refractivity contribution in [2.24, 2.45) is 7.05 Å². The molecule has 0 radical (unpaired) electrons. The molecule has 9 heteroatoms. The van der Waals surface area contributed by atoms with Crippen molar-refractivity contribution in [2.75, 3.05) is 4.90 Å². The Morgan fingerprint density at radius 1 is 1.11 bits per heavy atom. The van der Waals surface area contributed by atoms with Crippen LogP contribution in [-0.4, -0.2) is 16.2 Å². The summed E-state index contributed by atoms with van der Waals surface area (Å²) in [5, 5.41) is 4.27. The summed E-state index contributed by atoms with van der Waals surface area (Å²) in [6, 6.07) is 8.42. The summed E-state index contributed by atoms with van der Waals surface area (Å²) in [6.07, 6.45) is -1.32. The van der Waals surface area contributed by atoms with Gasteiger partial charge in [0.15, 0.2) is 5.69 Å². The maximum absolute atomic E-state index is 13.9. The minimum atomic E-state index is -2.91. The number of carbonyl (C=O) groups excluding carboxylic acids is 1. The molecule has 0 saturated carbocycles. The van der Waals surface area contributed by atoms with Crippen molar-refractivity contribution >= 4 is 41.0 Å². The fraction of sp³-hybridized carbons (Fsp3) is 0.111. The summed E-state index contributed by atoms with van der Waals surface area (Å²) >= 11 is 12.0. The summed E-state index contributed by atoms with van der Waals surface area (Å²) in [5.74, 6) is -0.636. The largest absolute Gasteiger partial charge is 0.284 e. The third kappa shape index (κ3) is 3.79. The monoisotopic (exact) mass is 413 g/mol. The summed E-state index contributed by atoms with van der Waals surface area (Å²) in [5.41, 5.74) is 0.279. The van der Waals surface area contributed by atoms with Gasteiger partial charge in [0.2, 0.25) is 6.41 Å². The normalized spacial score (nSPS) is 11.1. The van der Waals surface area contributed by atoms with E-state index in [-0.39, 0.29) is 16.4 Å². The van der Waals surface area contributed by atoms with Gasteiger partial charge in [0.05, 0.1) is 21.4 Å². The maximum Gasteiger partial charge on any atom is 0.284 e. The highest BCUT2D eigenvalue weighted by atomic mass is 35.5. The summed E-state index contributed by atoms with van der Waals surface area (Å²) in [6.45, 7) is 0. The number of amides is 1. The van der Waals surface area contributed by atoms with E-state index in [4.69, 9.17) is 23.2 Å². The standard InChI is InChI=1S/C18H12Cl2F3N3O/c1-25-8-16(17(24-25)18(22)23)26(9-27)15-7-11(21)3-4-12(15)10-2-5-13(19)14(20)6-10/h2-9,18H,1H3. The molecular weight excluding hydrogens is 402 g/mol. The van der Waals surface area contributed by atoms with Crippen LogP contribution >= 0.6 is 23.2 Å². The number of hydrogen-bond acceptors (Lipinski definition) is 2. The van der Waals surface area contributed by atoms with Crippen molar-refractivity contribution in [3.05, 3.63) is 64.2 Å². The lowest BCUT2D eigenvalue weighted by molar-refractivity contribution is -0.106. The Hall–Kier alpha value is -2.51. The minimum Gasteiger partial charge on any atom is -0.279 e. The molecule has 1 amide bonds. The molecule has 0 N–H and O–H groups in total. The number of carbonyl (C=O) groups is 1. The van der Waals surface area contributed by atoms with Gasteiger partial charge in [0.25, 0.3) is 6.43 Å². The van der Waals surface area contributed by atoms with Crippen molar-refractivity contribution in [3.8, 4) is 11.1 Å². The highest BCUT2D eigenvalue weighted by molar-refractivity contribution is 6.42. The van der Waals surface area contributed by atoms with Gasteiger partial charge in [-0.1, -0.05) is 29.3 Å². The molecule has 4 nitrogen and oxygen atoms in total. The van der Waals surface area contributed by atoms with Gasteiger partial charge >= 0.3 is 0 Å². The Kier molecular flexibility index (Phi) is 5.43. The van der Waals surface area contributed by atoms with Gasteiger partial charge in [-0.25, -0.2) is 13.2 Å². The topological polar surface area (TPSA) is 38.1 Å². The molecule has 0 unspecified atom stereocenters. The second kappa shape index (κ2) is 7.62. The molecule has 0 bridgehead atoms. The van der Waals surface area contributed by atoms with E-state index in [0.717, 1.165) is 15.6 Å². The minimum absolute atomic E-state index is 0.0679. The smallest absolute Gasteiger partial charge is 0.279 e. The molecule has 0 atom stereocenters. The number of benzene rings is 2. The number of anilines is 2. The van der Waals surface area contributed by atoms with Crippen LogP contribution in [0.4, 0.5) is 24.5 Å². The zero-order valence-electron chi connectivity index (χ0n) is 13.8. The van der Waals surface area contributed by atoms with E-state index in [0.29, 0.717) is 22.6 Å². The Balaban J connectivity index is 2.21. The van der Waals surface area contributed by atoms with Crippen LogP contribution < -0.4 is 4.90 Å². The van der Waals surface area contributed by atoms with Crippen LogP contribution in [-0.2, 0) is 11.8 Å². The van der Waals surface area contributed by atoms with Crippen molar-refractivity contribution in [1.82, 2.24) is 9.78 Å². The molecule has 0 fully saturated rings. The van der Waals surface area contributed by atoms with Crippen molar-refractivity contribution in [3.63, 3.8) is 0 Å². The molecule has 27 heavy (non-hydrogen) atoms. The quantitative estimate of drug-likeness (QED) is 0.498. The van der Waals surface area contributed by atoms with Crippen molar-refractivity contribution < 1.29 is 18.0 Å². The van der Waals surface area contributed by atoms with Crippen LogP contribution in [0.25, 0.3) is 11.1 Å². The molecule has 0 saturated heterocycles. The second-order valence-corrected chi connectivity index (χ2v) is 6.45. The highest BCUT2D eigenvalue weighted by Gasteiger charge is 2.25. The van der Waals surface area contributed by atoms with Crippen LogP contribution in [0.1, 0.15) is 12.1 Å². The van der Waals surface area contributed by atoms with E-state index < -0.39 is 17.9 Å². The van der Waals surface area contributed by atoms with Gasteiger partial charge < -0.3 is 0 Å². The molecule has 3 rings (SSSR count). The molecule has 0 spiro atoms. The molecule has 140 valence electrons. The Morgan fingerprint density at radius 3 is 2.48 bits per heavy atom. The first-order valence-corrected chi connectivity index (χ1v) is 8.38. The lowest BCUT2D eigenvalue weighted by atomic mass is 10.0. The molecule has 0 aliphatic rings. The maximum atomic E-state index is 13.9. The number of halogens is 5. The third-order valence-electron chi connectivity index (χ3n) is 3.86. The second-order valence-electron chi connectivity index (χ2n) is 5.64. The molecule has 2 aromatic carbocycles. The van der Waals surface area contributed by atoms with Gasteiger partial charge in [-0.15, -0.1) is 0 Å². The van der Waals surface area contributed by atoms with Gasteiger partial charge in [0, 0.05) is 18.8 Å². The zero-order chi connectivity index (χ0) is 19.7. The van der Waals surface area contributed by atoms with E-state index in [1.54, 1.807) is 18.2 Å². The number of hydrogen-bond donors (Lipinski definition) is 0. The molecule has 1 heterocycles. The molecule has 0 aliphatic heterocycles. The van der Waals surface area contributed by atoms with E-state index in [1.807, 2.05) is 0 Å². The Bertz CT molecular complexity index is 1010. The number of aryl methyl sites for hydroxylation is 1. The molecular formula is C18H12Cl2F3N3O. The van der Waals surface area contributed by atoms with E-state index in [9.17, 15) is 18.0 Å². The molecule has 1 aromatic heterocycles. The number of rotatable bonds is 5. The fourth-order valence-electron chi connectivity index (χ4n) is 2.69. The number of aromatic nitrogens is 2. The summed E-state index contributed by atoms with van der Waals surface area (Å²) < 4.78 is 41.7. The third-order valence-corrected chi connectivity index (χ3v) is 4.60. The van der Waals surface area contributed by atoms with Crippen LogP contribution in [0.5, 0.6) is 0 Å². The predicted octanol–water partition coefficient (Wildman–Crippen LogP) is 5.77. The van der Waals surface area contributed by atoms with Gasteiger partial charge in [-0.2, -0.15) is 5.10 Å². The first kappa shape index (κ1) is 19.3. The Morgan fingerprint density at radius 2 is 1.85 bits per heavy atom. The van der Waals surface area contributed by atoms with E-state index >= 15 is 0 Å². The lowest BCUT2D eigenvalue weighted by Gasteiger charge is -2.21. The molecule has 3 aromatic rings. The first-order valence-electron chi connectivity index (χ1n) is 7.63. The highest BCUT2D eigenvalue weighted by Crippen LogP contribution is 2.39. The lowest BCUT2D eigenvalue weighted by Crippen LogP contribution is -2.16. The van der Waals surface area contributed by atoms with Gasteiger partial charge in [-0.3, -0.25) is 14.4 Å². The van der Waals surface area contributed by atoms with E-state index in [2.05, 4.69) is 5.10 Å². The van der Waals surface area contributed by atoms with Crippen molar-refractivity contribution in [1.29, 1.82) is 0 Å². The van der Waals surface area contributed by atoms with Crippen LogP contribution in [0.15, 0.2) is 42.6 Å². The average Bonchev–Trinajstić information content (AvgIpc) is 3.00. The van der Waals surface area contributed by atoms with Crippen LogP contribution in [0, 0.1) is 5.82 Å². The van der Waals surface area contributed by atoms with Crippen LogP contribution in [0.2, 0.25) is 10.0 Å². The number of nitrogens with zero attached hydrogens (tertiary/aromatic N) is 3. The first-order chi connectivity index (χ1) is 12.8. The molecule has 0 aliphatic carbocycles. The van der Waals surface area contributed by atoms with Crippen molar-refractivity contribution in [2.45, 2.75) is 6.43 Å². The summed E-state index contributed by atoms with van der Waals surface area (Å²) in [7, 11) is 1.45. The van der Waals surface area contributed by atoms with Crippen LogP contribution in [0.3, 0.4) is 0 Å².